The Kier molecular flexibility index (Phi) is 2.79. The Balaban J connectivity index is 1.86. The van der Waals surface area contributed by atoms with Crippen molar-refractivity contribution in [2.45, 2.75) is 12.0 Å². The molecular weight excluding hydrogens is 312 g/mol. The minimum Gasteiger partial charge on any atom is -0.317 e. The standard InChI is InChI=1S/C20H16N4O/c21-20(12-13-6-2-1-3-7-13)15-9-5-4-8-14(15)16-17(20)24-11-10-22-18(24)19(25)23-16/h1-11H,12,21H2,(H,23,25). The first-order valence-electron chi connectivity index (χ1n) is 8.21. The van der Waals surface area contributed by atoms with Crippen LogP contribution in [-0.4, -0.2) is 14.4 Å². The zero-order valence-corrected chi connectivity index (χ0v) is 13.4. The molecule has 122 valence electrons. The van der Waals surface area contributed by atoms with E-state index in [0.29, 0.717) is 12.1 Å². The smallest absolute Gasteiger partial charge is 0.292 e. The molecular formula is C20H16N4O. The SMILES string of the molecule is NC1(Cc2ccccc2)c2ccccc2-c2[nH]c(=O)c3nccn3c21. The van der Waals surface area contributed by atoms with Gasteiger partial charge in [0.05, 0.1) is 16.9 Å². The number of nitrogens with one attached hydrogen (secondary N) is 1. The summed E-state index contributed by atoms with van der Waals surface area (Å²) in [6.07, 6.45) is 4.08. The Morgan fingerprint density at radius 1 is 1.08 bits per heavy atom. The normalized spacial score (nSPS) is 18.3. The molecule has 0 saturated heterocycles. The first-order valence-corrected chi connectivity index (χ1v) is 8.21. The summed E-state index contributed by atoms with van der Waals surface area (Å²) in [6, 6.07) is 18.2. The van der Waals surface area contributed by atoms with E-state index in [4.69, 9.17) is 5.73 Å². The lowest BCUT2D eigenvalue weighted by Gasteiger charge is -2.27. The molecule has 0 saturated carbocycles. The molecule has 1 unspecified atom stereocenters. The fraction of sp³-hybridized carbons (Fsp3) is 0.100. The average molecular weight is 328 g/mol. The summed E-state index contributed by atoms with van der Waals surface area (Å²) >= 11 is 0. The van der Waals surface area contributed by atoms with Crippen LogP contribution in [0.3, 0.4) is 0 Å². The molecule has 0 bridgehead atoms. The Labute approximate surface area is 143 Å². The van der Waals surface area contributed by atoms with Gasteiger partial charge in [-0.3, -0.25) is 9.20 Å². The molecule has 25 heavy (non-hydrogen) atoms. The van der Waals surface area contributed by atoms with Gasteiger partial charge in [0.2, 0.25) is 5.65 Å². The summed E-state index contributed by atoms with van der Waals surface area (Å²) in [4.78, 5) is 19.6. The van der Waals surface area contributed by atoms with Gasteiger partial charge in [-0.25, -0.2) is 4.98 Å². The van der Waals surface area contributed by atoms with Gasteiger partial charge in [-0.2, -0.15) is 0 Å². The van der Waals surface area contributed by atoms with Gasteiger partial charge in [-0.15, -0.1) is 0 Å². The lowest BCUT2D eigenvalue weighted by Crippen LogP contribution is -2.40. The minimum absolute atomic E-state index is 0.206. The molecule has 1 aliphatic carbocycles. The fourth-order valence-electron chi connectivity index (χ4n) is 3.95. The molecule has 4 aromatic rings. The second-order valence-electron chi connectivity index (χ2n) is 6.48. The van der Waals surface area contributed by atoms with Gasteiger partial charge < -0.3 is 10.7 Å². The van der Waals surface area contributed by atoms with Gasteiger partial charge in [0.25, 0.3) is 5.56 Å². The van der Waals surface area contributed by atoms with Crippen LogP contribution in [0.5, 0.6) is 0 Å². The Morgan fingerprint density at radius 2 is 1.84 bits per heavy atom. The number of benzene rings is 2. The predicted octanol–water partition coefficient (Wildman–Crippen LogP) is 2.45. The van der Waals surface area contributed by atoms with Crippen LogP contribution < -0.4 is 11.3 Å². The highest BCUT2D eigenvalue weighted by atomic mass is 16.1. The summed E-state index contributed by atoms with van der Waals surface area (Å²) in [6.45, 7) is 0. The summed E-state index contributed by atoms with van der Waals surface area (Å²) in [5.74, 6) is 0. The molecule has 0 amide bonds. The molecule has 0 fully saturated rings. The highest BCUT2D eigenvalue weighted by molar-refractivity contribution is 5.77. The minimum atomic E-state index is -0.740. The van der Waals surface area contributed by atoms with Crippen LogP contribution in [0.4, 0.5) is 0 Å². The van der Waals surface area contributed by atoms with E-state index in [9.17, 15) is 4.79 Å². The largest absolute Gasteiger partial charge is 0.317 e. The van der Waals surface area contributed by atoms with Crippen LogP contribution >= 0.6 is 0 Å². The van der Waals surface area contributed by atoms with Crippen molar-refractivity contribution in [3.63, 3.8) is 0 Å². The van der Waals surface area contributed by atoms with Crippen molar-refractivity contribution in [3.8, 4) is 11.3 Å². The molecule has 1 atom stereocenters. The summed E-state index contributed by atoms with van der Waals surface area (Å²) in [5, 5.41) is 0. The molecule has 5 heteroatoms. The summed E-state index contributed by atoms with van der Waals surface area (Å²) in [5.41, 5.74) is 11.2. The third kappa shape index (κ3) is 1.87. The van der Waals surface area contributed by atoms with Crippen LogP contribution in [0.25, 0.3) is 16.9 Å². The van der Waals surface area contributed by atoms with Crippen molar-refractivity contribution < 1.29 is 0 Å². The molecule has 5 rings (SSSR count). The van der Waals surface area contributed by atoms with Crippen molar-refractivity contribution in [2.75, 3.05) is 0 Å². The van der Waals surface area contributed by atoms with Gasteiger partial charge in [-0.1, -0.05) is 54.6 Å². The second kappa shape index (κ2) is 4.91. The maximum Gasteiger partial charge on any atom is 0.292 e. The Bertz CT molecular complexity index is 1160. The molecule has 5 nitrogen and oxygen atoms in total. The third-order valence-corrected chi connectivity index (χ3v) is 4.99. The monoisotopic (exact) mass is 328 g/mol. The number of H-pyrrole nitrogens is 1. The van der Waals surface area contributed by atoms with Crippen LogP contribution in [0.1, 0.15) is 16.8 Å². The maximum atomic E-state index is 12.4. The van der Waals surface area contributed by atoms with Crippen molar-refractivity contribution in [3.05, 3.63) is 94.2 Å². The first kappa shape index (κ1) is 14.2. The zero-order valence-electron chi connectivity index (χ0n) is 13.4. The number of hydrogen-bond donors (Lipinski definition) is 2. The van der Waals surface area contributed by atoms with Crippen molar-refractivity contribution in [1.82, 2.24) is 14.4 Å². The van der Waals surface area contributed by atoms with Gasteiger partial charge in [0, 0.05) is 24.4 Å². The quantitative estimate of drug-likeness (QED) is 0.593. The van der Waals surface area contributed by atoms with Gasteiger partial charge in [0.15, 0.2) is 0 Å². The van der Waals surface area contributed by atoms with Crippen molar-refractivity contribution >= 4 is 5.65 Å². The summed E-state index contributed by atoms with van der Waals surface area (Å²) < 4.78 is 1.83. The molecule has 0 spiro atoms. The van der Waals surface area contributed by atoms with E-state index in [1.807, 2.05) is 53.1 Å². The van der Waals surface area contributed by atoms with E-state index >= 15 is 0 Å². The number of nitrogens with zero attached hydrogens (tertiary/aromatic N) is 2. The number of nitrogens with two attached hydrogens (primary N) is 1. The van der Waals surface area contributed by atoms with Gasteiger partial charge in [-0.05, 0) is 11.1 Å². The molecule has 2 heterocycles. The highest BCUT2D eigenvalue weighted by Gasteiger charge is 2.43. The number of hydrogen-bond acceptors (Lipinski definition) is 3. The molecule has 3 N–H and O–H groups in total. The van der Waals surface area contributed by atoms with Crippen molar-refractivity contribution in [1.29, 1.82) is 0 Å². The molecule has 0 radical (unpaired) electrons. The lowest BCUT2D eigenvalue weighted by atomic mass is 9.85. The van der Waals surface area contributed by atoms with Crippen LogP contribution in [0.15, 0.2) is 71.8 Å². The number of aromatic nitrogens is 3. The summed E-state index contributed by atoms with van der Waals surface area (Å²) in [7, 11) is 0. The Hall–Kier alpha value is -3.18. The van der Waals surface area contributed by atoms with Gasteiger partial charge >= 0.3 is 0 Å². The highest BCUT2D eigenvalue weighted by Crippen LogP contribution is 2.45. The number of fused-ring (bicyclic) bond motifs is 5. The van der Waals surface area contributed by atoms with E-state index in [1.54, 1.807) is 6.20 Å². The van der Waals surface area contributed by atoms with Crippen LogP contribution in [-0.2, 0) is 12.0 Å². The van der Waals surface area contributed by atoms with E-state index < -0.39 is 5.54 Å². The van der Waals surface area contributed by atoms with Crippen LogP contribution in [0, 0.1) is 0 Å². The van der Waals surface area contributed by atoms with E-state index in [-0.39, 0.29) is 5.56 Å². The number of aromatic amines is 1. The molecule has 2 aromatic carbocycles. The maximum absolute atomic E-state index is 12.4. The van der Waals surface area contributed by atoms with Crippen molar-refractivity contribution in [2.24, 2.45) is 5.73 Å². The van der Waals surface area contributed by atoms with E-state index in [2.05, 4.69) is 22.1 Å². The second-order valence-corrected chi connectivity index (χ2v) is 6.48. The number of imidazole rings is 1. The van der Waals surface area contributed by atoms with E-state index in [0.717, 1.165) is 28.1 Å². The first-order chi connectivity index (χ1) is 12.2. The molecule has 2 aromatic heterocycles. The average Bonchev–Trinajstić information content (AvgIpc) is 3.20. The number of rotatable bonds is 2. The van der Waals surface area contributed by atoms with E-state index in [1.165, 1.54) is 0 Å². The molecule has 0 aliphatic heterocycles. The lowest BCUT2D eigenvalue weighted by molar-refractivity contribution is 0.525. The zero-order chi connectivity index (χ0) is 17.0. The predicted molar refractivity (Wildman–Crippen MR) is 96.4 cm³/mol. The topological polar surface area (TPSA) is 76.2 Å². The third-order valence-electron chi connectivity index (χ3n) is 4.99. The fourth-order valence-corrected chi connectivity index (χ4v) is 3.95. The Morgan fingerprint density at radius 3 is 2.68 bits per heavy atom. The van der Waals surface area contributed by atoms with Crippen LogP contribution in [0.2, 0.25) is 0 Å². The molecule has 1 aliphatic rings. The van der Waals surface area contributed by atoms with Gasteiger partial charge in [0.1, 0.15) is 0 Å².